The molecule has 28 heavy (non-hydrogen) atoms. The van der Waals surface area contributed by atoms with Crippen LogP contribution in [0.4, 0.5) is 0 Å². The topological polar surface area (TPSA) is 64.0 Å². The van der Waals surface area contributed by atoms with E-state index >= 15 is 0 Å². The number of hydrogen-bond acceptors (Lipinski definition) is 4. The number of fused-ring (bicyclic) bond motifs is 1. The van der Waals surface area contributed by atoms with Crippen LogP contribution >= 0.6 is 11.3 Å². The van der Waals surface area contributed by atoms with Gasteiger partial charge in [0.05, 0.1) is 11.8 Å². The number of nitrogens with one attached hydrogen (secondary N) is 1. The van der Waals surface area contributed by atoms with Gasteiger partial charge in [-0.05, 0) is 24.1 Å². The fraction of sp³-hybridized carbons (Fsp3) is 0.136. The van der Waals surface area contributed by atoms with Gasteiger partial charge in [-0.3, -0.25) is 14.2 Å². The molecule has 0 saturated carbocycles. The average Bonchev–Trinajstić information content (AvgIpc) is 3.16. The van der Waals surface area contributed by atoms with Crippen LogP contribution in [-0.2, 0) is 17.9 Å². The highest BCUT2D eigenvalue weighted by Gasteiger charge is 2.12. The number of amides is 1. The van der Waals surface area contributed by atoms with Gasteiger partial charge in [0.1, 0.15) is 11.2 Å². The highest BCUT2D eigenvalue weighted by Crippen LogP contribution is 2.30. The highest BCUT2D eigenvalue weighted by atomic mass is 32.1. The fourth-order valence-electron chi connectivity index (χ4n) is 2.92. The second-order valence-corrected chi connectivity index (χ2v) is 7.68. The van der Waals surface area contributed by atoms with E-state index in [9.17, 15) is 9.59 Å². The van der Waals surface area contributed by atoms with Crippen molar-refractivity contribution in [1.82, 2.24) is 14.9 Å². The van der Waals surface area contributed by atoms with E-state index in [2.05, 4.69) is 10.3 Å². The van der Waals surface area contributed by atoms with Crippen molar-refractivity contribution in [2.24, 2.45) is 0 Å². The van der Waals surface area contributed by atoms with Gasteiger partial charge in [0.2, 0.25) is 5.91 Å². The summed E-state index contributed by atoms with van der Waals surface area (Å²) in [5.41, 5.74) is 3.71. The third-order valence-corrected chi connectivity index (χ3v) is 5.65. The summed E-state index contributed by atoms with van der Waals surface area (Å²) in [6, 6.07) is 19.8. The molecule has 0 radical (unpaired) electrons. The second-order valence-electron chi connectivity index (χ2n) is 6.63. The van der Waals surface area contributed by atoms with Gasteiger partial charge in [-0.25, -0.2) is 4.98 Å². The SMILES string of the molecule is Cc1ccc(CNC(=O)Cn2cnc3cc(-c4ccccc4)sc3c2=O)cc1. The van der Waals surface area contributed by atoms with E-state index < -0.39 is 0 Å². The summed E-state index contributed by atoms with van der Waals surface area (Å²) in [7, 11) is 0. The summed E-state index contributed by atoms with van der Waals surface area (Å²) < 4.78 is 1.92. The number of thiophene rings is 1. The van der Waals surface area contributed by atoms with Gasteiger partial charge in [-0.2, -0.15) is 0 Å². The number of carbonyl (C=O) groups excluding carboxylic acids is 1. The van der Waals surface area contributed by atoms with Gasteiger partial charge in [-0.1, -0.05) is 60.2 Å². The first-order valence-electron chi connectivity index (χ1n) is 8.97. The maximum absolute atomic E-state index is 12.8. The van der Waals surface area contributed by atoms with Crippen molar-refractivity contribution >= 4 is 27.5 Å². The molecule has 6 heteroatoms. The summed E-state index contributed by atoms with van der Waals surface area (Å²) in [6.07, 6.45) is 1.44. The Morgan fingerprint density at radius 2 is 1.86 bits per heavy atom. The smallest absolute Gasteiger partial charge is 0.271 e. The molecule has 0 aliphatic rings. The van der Waals surface area contributed by atoms with Crippen molar-refractivity contribution in [3.05, 3.63) is 88.5 Å². The number of aromatic nitrogens is 2. The molecule has 0 spiro atoms. The van der Waals surface area contributed by atoms with Gasteiger partial charge in [0.15, 0.2) is 0 Å². The number of hydrogen-bond donors (Lipinski definition) is 1. The van der Waals surface area contributed by atoms with Crippen LogP contribution in [-0.4, -0.2) is 15.5 Å². The molecule has 0 aliphatic heterocycles. The van der Waals surface area contributed by atoms with Crippen molar-refractivity contribution in [3.8, 4) is 10.4 Å². The first-order chi connectivity index (χ1) is 13.6. The molecule has 5 nitrogen and oxygen atoms in total. The predicted octanol–water partition coefficient (Wildman–Crippen LogP) is 3.75. The Balaban J connectivity index is 1.50. The maximum Gasteiger partial charge on any atom is 0.271 e. The van der Waals surface area contributed by atoms with Crippen molar-refractivity contribution in [2.45, 2.75) is 20.0 Å². The molecule has 0 bridgehead atoms. The van der Waals surface area contributed by atoms with Crippen LogP contribution in [0.15, 0.2) is 71.8 Å². The van der Waals surface area contributed by atoms with Crippen LogP contribution in [0, 0.1) is 6.92 Å². The molecule has 2 heterocycles. The van der Waals surface area contributed by atoms with E-state index in [1.165, 1.54) is 27.8 Å². The predicted molar refractivity (Wildman–Crippen MR) is 112 cm³/mol. The summed E-state index contributed by atoms with van der Waals surface area (Å²) in [5, 5.41) is 2.85. The van der Waals surface area contributed by atoms with Gasteiger partial charge >= 0.3 is 0 Å². The molecule has 0 fully saturated rings. The summed E-state index contributed by atoms with van der Waals surface area (Å²) >= 11 is 1.40. The minimum Gasteiger partial charge on any atom is -0.350 e. The van der Waals surface area contributed by atoms with Crippen molar-refractivity contribution in [2.75, 3.05) is 0 Å². The van der Waals surface area contributed by atoms with Gasteiger partial charge < -0.3 is 5.32 Å². The second kappa shape index (κ2) is 7.78. The lowest BCUT2D eigenvalue weighted by atomic mass is 10.1. The molecular weight excluding hydrogens is 370 g/mol. The monoisotopic (exact) mass is 389 g/mol. The van der Waals surface area contributed by atoms with Crippen molar-refractivity contribution < 1.29 is 4.79 Å². The summed E-state index contributed by atoms with van der Waals surface area (Å²) in [6.45, 7) is 2.40. The molecule has 1 N–H and O–H groups in total. The number of nitrogens with zero attached hydrogens (tertiary/aromatic N) is 2. The van der Waals surface area contributed by atoms with Crippen LogP contribution in [0.25, 0.3) is 20.7 Å². The van der Waals surface area contributed by atoms with Gasteiger partial charge in [0, 0.05) is 11.4 Å². The molecule has 0 unspecified atom stereocenters. The number of benzene rings is 2. The maximum atomic E-state index is 12.8. The quantitative estimate of drug-likeness (QED) is 0.565. The lowest BCUT2D eigenvalue weighted by molar-refractivity contribution is -0.121. The van der Waals surface area contributed by atoms with Gasteiger partial charge in [-0.15, -0.1) is 11.3 Å². The first-order valence-corrected chi connectivity index (χ1v) is 9.78. The molecule has 0 aliphatic carbocycles. The largest absolute Gasteiger partial charge is 0.350 e. The minimum atomic E-state index is -0.219. The molecule has 4 rings (SSSR count). The Labute approximate surface area is 166 Å². The number of carbonyl (C=O) groups is 1. The Morgan fingerprint density at radius 1 is 1.11 bits per heavy atom. The van der Waals surface area contributed by atoms with Gasteiger partial charge in [0.25, 0.3) is 5.56 Å². The minimum absolute atomic E-state index is 0.0494. The summed E-state index contributed by atoms with van der Waals surface area (Å²) in [5.74, 6) is -0.219. The Bertz CT molecular complexity index is 1180. The van der Waals surface area contributed by atoms with Crippen LogP contribution in [0.5, 0.6) is 0 Å². The normalized spacial score (nSPS) is 10.9. The Kier molecular flexibility index (Phi) is 5.04. The molecule has 0 atom stereocenters. The third-order valence-electron chi connectivity index (χ3n) is 4.49. The molecule has 2 aromatic carbocycles. The van der Waals surface area contributed by atoms with E-state index in [-0.39, 0.29) is 18.0 Å². The number of aryl methyl sites for hydroxylation is 1. The van der Waals surface area contributed by atoms with E-state index in [4.69, 9.17) is 0 Å². The molecule has 140 valence electrons. The third kappa shape index (κ3) is 3.87. The molecule has 4 aromatic rings. The van der Waals surface area contributed by atoms with Crippen molar-refractivity contribution in [3.63, 3.8) is 0 Å². The molecule has 2 aromatic heterocycles. The van der Waals surface area contributed by atoms with Crippen LogP contribution < -0.4 is 10.9 Å². The van der Waals surface area contributed by atoms with E-state index in [0.717, 1.165) is 16.0 Å². The zero-order valence-electron chi connectivity index (χ0n) is 15.4. The fourth-order valence-corrected chi connectivity index (χ4v) is 3.98. The van der Waals surface area contributed by atoms with E-state index in [0.29, 0.717) is 16.8 Å². The first kappa shape index (κ1) is 18.1. The zero-order valence-corrected chi connectivity index (χ0v) is 16.2. The summed E-state index contributed by atoms with van der Waals surface area (Å²) in [4.78, 5) is 30.4. The molecule has 0 saturated heterocycles. The van der Waals surface area contributed by atoms with Crippen LogP contribution in [0.2, 0.25) is 0 Å². The lowest BCUT2D eigenvalue weighted by Crippen LogP contribution is -2.31. The lowest BCUT2D eigenvalue weighted by Gasteiger charge is -2.07. The van der Waals surface area contributed by atoms with E-state index in [1.807, 2.05) is 67.6 Å². The molecular formula is C22H19N3O2S. The highest BCUT2D eigenvalue weighted by molar-refractivity contribution is 7.22. The average molecular weight is 389 g/mol. The van der Waals surface area contributed by atoms with Crippen LogP contribution in [0.3, 0.4) is 0 Å². The van der Waals surface area contributed by atoms with Crippen LogP contribution in [0.1, 0.15) is 11.1 Å². The number of rotatable bonds is 5. The standard InChI is InChI=1S/C22H19N3O2S/c1-15-7-9-16(10-8-15)12-23-20(26)13-25-14-24-18-11-19(28-21(18)22(25)27)17-5-3-2-4-6-17/h2-11,14H,12-13H2,1H3,(H,23,26). The molecule has 1 amide bonds. The van der Waals surface area contributed by atoms with E-state index in [1.54, 1.807) is 0 Å². The Morgan fingerprint density at radius 3 is 2.61 bits per heavy atom. The Hall–Kier alpha value is -3.25. The van der Waals surface area contributed by atoms with Crippen molar-refractivity contribution in [1.29, 1.82) is 0 Å². The zero-order chi connectivity index (χ0) is 19.5.